The van der Waals surface area contributed by atoms with E-state index in [0.29, 0.717) is 38.2 Å². The van der Waals surface area contributed by atoms with Crippen LogP contribution in [-0.2, 0) is 10.0 Å². The molecule has 3 rings (SSSR count). The Bertz CT molecular complexity index is 799. The van der Waals surface area contributed by atoms with Crippen molar-refractivity contribution in [1.29, 1.82) is 0 Å². The smallest absolute Gasteiger partial charge is 0.252 e. The van der Waals surface area contributed by atoms with Crippen molar-refractivity contribution in [2.75, 3.05) is 31.9 Å². The highest BCUT2D eigenvalue weighted by atomic mass is 35.5. The van der Waals surface area contributed by atoms with Crippen LogP contribution in [0.2, 0.25) is 0 Å². The molecule has 162 valence electrons. The fourth-order valence-corrected chi connectivity index (χ4v) is 6.03. The summed E-state index contributed by atoms with van der Waals surface area (Å²) in [5, 5.41) is 2.97. The van der Waals surface area contributed by atoms with E-state index >= 15 is 0 Å². The normalized spacial score (nSPS) is 28.0. The third kappa shape index (κ3) is 4.94. The molecule has 3 unspecified atom stereocenters. The van der Waals surface area contributed by atoms with E-state index in [1.54, 1.807) is 23.4 Å². The van der Waals surface area contributed by atoms with E-state index in [0.717, 1.165) is 19.3 Å². The molecule has 9 heteroatoms. The second-order valence-electron chi connectivity index (χ2n) is 7.90. The second kappa shape index (κ2) is 9.31. The number of carbonyl (C=O) groups excluding carboxylic acids is 1. The molecule has 2 aliphatic rings. The van der Waals surface area contributed by atoms with Crippen LogP contribution in [0, 0.1) is 0 Å². The van der Waals surface area contributed by atoms with Crippen LogP contribution in [0.5, 0.6) is 0 Å². The Kier molecular flexibility index (Phi) is 7.22. The molecule has 1 aromatic rings. The molecule has 0 spiro atoms. The molecule has 1 aromatic carbocycles. The van der Waals surface area contributed by atoms with Crippen molar-refractivity contribution < 1.29 is 13.2 Å². The van der Waals surface area contributed by atoms with E-state index < -0.39 is 21.7 Å². The Morgan fingerprint density at radius 1 is 1.28 bits per heavy atom. The van der Waals surface area contributed by atoms with Crippen LogP contribution in [0.4, 0.5) is 0 Å². The van der Waals surface area contributed by atoms with E-state index in [9.17, 15) is 13.2 Å². The molecule has 3 N–H and O–H groups in total. The largest absolute Gasteiger partial charge is 0.335 e. The topological polar surface area (TPSA) is 95.7 Å². The fourth-order valence-electron chi connectivity index (χ4n) is 4.53. The Balaban J connectivity index is 1.77. The van der Waals surface area contributed by atoms with Crippen molar-refractivity contribution in [2.24, 2.45) is 5.73 Å². The lowest BCUT2D eigenvalue weighted by Gasteiger charge is -2.53. The van der Waals surface area contributed by atoms with Crippen molar-refractivity contribution in [2.45, 2.75) is 49.7 Å². The van der Waals surface area contributed by atoms with Gasteiger partial charge in [-0.15, -0.1) is 11.6 Å². The Morgan fingerprint density at radius 2 is 1.93 bits per heavy atom. The van der Waals surface area contributed by atoms with Gasteiger partial charge in [0.15, 0.2) is 0 Å². The lowest BCUT2D eigenvalue weighted by Crippen LogP contribution is -2.70. The van der Waals surface area contributed by atoms with Crippen LogP contribution >= 0.6 is 11.6 Å². The van der Waals surface area contributed by atoms with Gasteiger partial charge in [0.2, 0.25) is 10.0 Å². The molecule has 1 heterocycles. The summed E-state index contributed by atoms with van der Waals surface area (Å²) in [6.45, 7) is 3.70. The first-order valence-electron chi connectivity index (χ1n) is 10.3. The summed E-state index contributed by atoms with van der Waals surface area (Å²) in [6, 6.07) is 9.02. The van der Waals surface area contributed by atoms with Crippen LogP contribution in [0.1, 0.15) is 43.0 Å². The summed E-state index contributed by atoms with van der Waals surface area (Å²) in [5.74, 6) is -0.101. The minimum Gasteiger partial charge on any atom is -0.335 e. The van der Waals surface area contributed by atoms with Crippen LogP contribution in [0.3, 0.4) is 0 Å². The van der Waals surface area contributed by atoms with Gasteiger partial charge < -0.3 is 11.1 Å². The molecular weight excluding hydrogens is 412 g/mol. The third-order valence-corrected chi connectivity index (χ3v) is 8.48. The van der Waals surface area contributed by atoms with E-state index in [1.165, 1.54) is 0 Å². The molecule has 0 aromatic heterocycles. The third-order valence-electron chi connectivity index (χ3n) is 6.23. The number of nitrogens with two attached hydrogens (primary N) is 1. The summed E-state index contributed by atoms with van der Waals surface area (Å²) < 4.78 is 26.0. The van der Waals surface area contributed by atoms with Gasteiger partial charge in [-0.25, -0.2) is 8.42 Å². The molecule has 1 saturated heterocycles. The van der Waals surface area contributed by atoms with E-state index in [1.807, 2.05) is 18.2 Å². The maximum absolute atomic E-state index is 12.7. The predicted octanol–water partition coefficient (Wildman–Crippen LogP) is 1.59. The van der Waals surface area contributed by atoms with Gasteiger partial charge in [-0.2, -0.15) is 4.31 Å². The highest BCUT2D eigenvalue weighted by Crippen LogP contribution is 2.38. The first-order chi connectivity index (χ1) is 13.8. The number of sulfonamides is 1. The van der Waals surface area contributed by atoms with Crippen molar-refractivity contribution in [3.8, 4) is 0 Å². The maximum atomic E-state index is 12.7. The number of halogens is 1. The van der Waals surface area contributed by atoms with Gasteiger partial charge in [0.05, 0.1) is 17.5 Å². The molecule has 1 saturated carbocycles. The number of alkyl halides is 1. The van der Waals surface area contributed by atoms with Gasteiger partial charge >= 0.3 is 0 Å². The van der Waals surface area contributed by atoms with Crippen LogP contribution in [0.25, 0.3) is 0 Å². The van der Waals surface area contributed by atoms with Gasteiger partial charge in [-0.1, -0.05) is 24.6 Å². The SMILES string of the molecule is CCS(=O)(=O)N1CCN(C2(C(N)NC(=O)c3ccccc3)CCCC(Cl)C2)CC1. The van der Waals surface area contributed by atoms with Gasteiger partial charge in [0, 0.05) is 37.1 Å². The number of carbonyl (C=O) groups is 1. The zero-order valence-corrected chi connectivity index (χ0v) is 18.5. The van der Waals surface area contributed by atoms with Gasteiger partial charge in [0.1, 0.15) is 0 Å². The van der Waals surface area contributed by atoms with Crippen molar-refractivity contribution in [3.63, 3.8) is 0 Å². The Hall–Kier alpha value is -1.19. The summed E-state index contributed by atoms with van der Waals surface area (Å²) >= 11 is 6.54. The van der Waals surface area contributed by atoms with E-state index in [2.05, 4.69) is 10.2 Å². The number of nitrogens with zero attached hydrogens (tertiary/aromatic N) is 2. The lowest BCUT2D eigenvalue weighted by molar-refractivity contribution is -0.00120. The molecule has 0 radical (unpaired) electrons. The van der Waals surface area contributed by atoms with E-state index in [-0.39, 0.29) is 17.0 Å². The fraction of sp³-hybridized carbons (Fsp3) is 0.650. The molecular formula is C20H31ClN4O3S. The number of benzene rings is 1. The number of amides is 1. The maximum Gasteiger partial charge on any atom is 0.252 e. The minimum absolute atomic E-state index is 0.0131. The number of nitrogens with one attached hydrogen (secondary N) is 1. The van der Waals surface area contributed by atoms with Crippen LogP contribution in [-0.4, -0.2) is 72.5 Å². The average Bonchev–Trinajstić information content (AvgIpc) is 2.74. The number of rotatable bonds is 6. The van der Waals surface area contributed by atoms with Crippen LogP contribution in [0.15, 0.2) is 30.3 Å². The highest BCUT2D eigenvalue weighted by molar-refractivity contribution is 7.89. The molecule has 29 heavy (non-hydrogen) atoms. The first-order valence-corrected chi connectivity index (χ1v) is 12.3. The number of hydrogen-bond donors (Lipinski definition) is 2. The Labute approximate surface area is 178 Å². The second-order valence-corrected chi connectivity index (χ2v) is 10.8. The predicted molar refractivity (Wildman–Crippen MR) is 115 cm³/mol. The van der Waals surface area contributed by atoms with Gasteiger partial charge in [-0.3, -0.25) is 9.69 Å². The monoisotopic (exact) mass is 442 g/mol. The lowest BCUT2D eigenvalue weighted by atomic mass is 9.77. The summed E-state index contributed by atoms with van der Waals surface area (Å²) in [6.07, 6.45) is 2.76. The molecule has 1 aliphatic heterocycles. The van der Waals surface area contributed by atoms with Crippen molar-refractivity contribution in [1.82, 2.24) is 14.5 Å². The highest BCUT2D eigenvalue weighted by Gasteiger charge is 2.47. The zero-order valence-electron chi connectivity index (χ0n) is 16.9. The summed E-state index contributed by atoms with van der Waals surface area (Å²) in [7, 11) is -3.20. The quantitative estimate of drug-likeness (QED) is 0.515. The molecule has 1 aliphatic carbocycles. The molecule has 1 amide bonds. The average molecular weight is 443 g/mol. The molecule has 0 bridgehead atoms. The number of hydrogen-bond acceptors (Lipinski definition) is 5. The van der Waals surface area contributed by atoms with Crippen molar-refractivity contribution >= 4 is 27.5 Å². The number of piperazine rings is 1. The standard InChI is InChI=1S/C20H31ClN4O3S/c1-2-29(27,28)25-13-11-24(12-14-25)20(10-6-9-17(21)15-20)19(22)23-18(26)16-7-4-3-5-8-16/h3-5,7-8,17,19H,2,6,9-15,22H2,1H3,(H,23,26). The zero-order chi connectivity index (χ0) is 21.1. The van der Waals surface area contributed by atoms with Gasteiger partial charge in [-0.05, 0) is 38.3 Å². The Morgan fingerprint density at radius 3 is 2.52 bits per heavy atom. The molecule has 3 atom stereocenters. The molecule has 7 nitrogen and oxygen atoms in total. The van der Waals surface area contributed by atoms with Crippen LogP contribution < -0.4 is 11.1 Å². The van der Waals surface area contributed by atoms with E-state index in [4.69, 9.17) is 17.3 Å². The molecule has 2 fully saturated rings. The van der Waals surface area contributed by atoms with Crippen molar-refractivity contribution in [3.05, 3.63) is 35.9 Å². The summed E-state index contributed by atoms with van der Waals surface area (Å²) in [5.41, 5.74) is 6.69. The minimum atomic E-state index is -3.20. The first kappa shape index (κ1) is 22.5. The summed E-state index contributed by atoms with van der Waals surface area (Å²) in [4.78, 5) is 14.9. The van der Waals surface area contributed by atoms with Gasteiger partial charge in [0.25, 0.3) is 5.91 Å².